The Bertz CT molecular complexity index is 4730. The summed E-state index contributed by atoms with van der Waals surface area (Å²) in [4.78, 5) is 59.5. The number of aromatic amines is 1. The third-order valence-corrected chi connectivity index (χ3v) is 16.0. The number of halogens is 6. The quantitative estimate of drug-likeness (QED) is 0.121. The van der Waals surface area contributed by atoms with Crippen LogP contribution >= 0.6 is 86.9 Å². The molecule has 1 fully saturated rings. The molecule has 3 aromatic carbocycles. The van der Waals surface area contributed by atoms with Crippen molar-refractivity contribution in [2.75, 3.05) is 13.2 Å². The van der Waals surface area contributed by atoms with E-state index in [2.05, 4.69) is 140 Å². The van der Waals surface area contributed by atoms with Gasteiger partial charge in [0.15, 0.2) is 11.3 Å². The highest BCUT2D eigenvalue weighted by Crippen LogP contribution is 2.19. The van der Waals surface area contributed by atoms with E-state index in [9.17, 15) is 14.4 Å². The van der Waals surface area contributed by atoms with Crippen LogP contribution in [0.3, 0.4) is 0 Å². The number of nitrogens with two attached hydrogens (primary N) is 1. The summed E-state index contributed by atoms with van der Waals surface area (Å²) in [6.45, 7) is 11.9. The summed E-state index contributed by atoms with van der Waals surface area (Å²) in [7, 11) is 0. The molecule has 14 aromatic rings. The van der Waals surface area contributed by atoms with E-state index in [4.69, 9.17) is 33.7 Å². The molecule has 0 bridgehead atoms. The first-order valence-corrected chi connectivity index (χ1v) is 32.8. The van der Waals surface area contributed by atoms with Gasteiger partial charge >= 0.3 is 17.4 Å². The van der Waals surface area contributed by atoms with Crippen LogP contribution in [0.25, 0.3) is 50.1 Å². The van der Waals surface area contributed by atoms with E-state index in [-0.39, 0.29) is 24.8 Å². The Morgan fingerprint density at radius 2 is 1.17 bits per heavy atom. The molecule has 1 aliphatic rings. The number of carbonyl (C=O) groups excluding carboxylic acids is 1. The molecule has 12 heterocycles. The number of rotatable bonds is 5. The van der Waals surface area contributed by atoms with Crippen molar-refractivity contribution in [2.45, 2.75) is 46.7 Å². The molecule has 3 N–H and O–H groups in total. The number of allylic oxidation sites excluding steroid dienone is 1. The predicted molar refractivity (Wildman–Crippen MR) is 397 cm³/mol. The Morgan fingerprint density at radius 1 is 0.611 bits per heavy atom. The molecule has 0 amide bonds. The van der Waals surface area contributed by atoms with Gasteiger partial charge in [-0.2, -0.15) is 5.10 Å². The van der Waals surface area contributed by atoms with Crippen LogP contribution in [-0.2, 0) is 24.2 Å². The fraction of sp³-hybridized carbons (Fsp3) is 0.129. The van der Waals surface area contributed by atoms with Gasteiger partial charge in [0, 0.05) is 102 Å². The van der Waals surface area contributed by atoms with Gasteiger partial charge in [-0.15, -0.1) is 11.7 Å². The highest BCUT2D eigenvalue weighted by atomic mass is 79.9. The SMILES string of the molecule is C.C1CCOC1.C=CC.C=Cc1ccc2ccccc2n1.Clc1ccc2ccccc2n1.Clc1ncccc1Br.NCc1ncccc1Br.O=C(n1cccc1)n1ccnc1.O=c1[nH]nc2c(Br)cccn12.O=c1n(CCc2ccc3ccccc3n2)nc2c(Br)cccn12. The fourth-order valence-corrected chi connectivity index (χ4v) is 9.97. The Balaban J connectivity index is 0.000000176. The zero-order valence-electron chi connectivity index (χ0n) is 50.7. The van der Waals surface area contributed by atoms with Crippen LogP contribution < -0.4 is 17.1 Å². The molecule has 488 valence electrons. The molecule has 0 aliphatic carbocycles. The zero-order chi connectivity index (χ0) is 67.0. The van der Waals surface area contributed by atoms with Crippen LogP contribution in [0, 0.1) is 0 Å². The summed E-state index contributed by atoms with van der Waals surface area (Å²) >= 11 is 24.5. The number of benzene rings is 3. The molecule has 25 heteroatoms. The molecular formula is C70H67Br4Cl2N15O4. The number of aromatic nitrogens is 14. The number of hydrogen-bond donors (Lipinski definition) is 2. The summed E-state index contributed by atoms with van der Waals surface area (Å²) < 4.78 is 15.7. The second kappa shape index (κ2) is 40.4. The highest BCUT2D eigenvalue weighted by molar-refractivity contribution is 9.11. The van der Waals surface area contributed by atoms with Gasteiger partial charge in [-0.3, -0.25) is 19.1 Å². The number of para-hydroxylation sites is 3. The van der Waals surface area contributed by atoms with E-state index in [1.165, 1.54) is 47.2 Å². The fourth-order valence-electron chi connectivity index (χ4n) is 8.17. The minimum Gasteiger partial charge on any atom is -0.381 e. The summed E-state index contributed by atoms with van der Waals surface area (Å²) in [6, 6.07) is 54.0. The first-order valence-electron chi connectivity index (χ1n) is 28.9. The van der Waals surface area contributed by atoms with Crippen LogP contribution in [0.5, 0.6) is 0 Å². The topological polar surface area (TPSA) is 229 Å². The Hall–Kier alpha value is -8.91. The van der Waals surface area contributed by atoms with Gasteiger partial charge < -0.3 is 10.5 Å². The average Bonchev–Trinajstić information content (AvgIpc) is 1.68. The van der Waals surface area contributed by atoms with Gasteiger partial charge in [0.05, 0.1) is 47.9 Å². The van der Waals surface area contributed by atoms with E-state index < -0.39 is 0 Å². The molecule has 95 heavy (non-hydrogen) atoms. The van der Waals surface area contributed by atoms with Crippen molar-refractivity contribution in [3.63, 3.8) is 0 Å². The number of pyridine rings is 7. The molecule has 1 saturated heterocycles. The maximum atomic E-state index is 12.3. The predicted octanol–water partition coefficient (Wildman–Crippen LogP) is 17.2. The maximum absolute atomic E-state index is 12.3. The Morgan fingerprint density at radius 3 is 1.69 bits per heavy atom. The molecule has 19 nitrogen and oxygen atoms in total. The molecule has 0 atom stereocenters. The van der Waals surface area contributed by atoms with E-state index in [1.807, 2.05) is 134 Å². The van der Waals surface area contributed by atoms with Crippen LogP contribution in [0.2, 0.25) is 10.3 Å². The second-order valence-corrected chi connectivity index (χ2v) is 23.5. The minimum atomic E-state index is -0.221. The van der Waals surface area contributed by atoms with Gasteiger partial charge in [0.1, 0.15) is 16.6 Å². The van der Waals surface area contributed by atoms with Crippen LogP contribution in [0.15, 0.2) is 272 Å². The number of fused-ring (bicyclic) bond motifs is 5. The molecule has 0 radical (unpaired) electrons. The number of carbonyl (C=O) groups is 1. The molecule has 1 aliphatic heterocycles. The number of imidazole rings is 1. The third kappa shape index (κ3) is 23.5. The normalized spacial score (nSPS) is 10.8. The lowest BCUT2D eigenvalue weighted by Gasteiger charge is -2.02. The van der Waals surface area contributed by atoms with Crippen LogP contribution in [0.4, 0.5) is 4.79 Å². The van der Waals surface area contributed by atoms with Gasteiger partial charge in [-0.05, 0) is 193 Å². The number of H-pyrrole nitrogens is 1. The summed E-state index contributed by atoms with van der Waals surface area (Å²) in [5.41, 5.74) is 11.9. The molecule has 0 spiro atoms. The van der Waals surface area contributed by atoms with Crippen molar-refractivity contribution >= 4 is 143 Å². The van der Waals surface area contributed by atoms with Gasteiger partial charge in [-0.1, -0.05) is 110 Å². The van der Waals surface area contributed by atoms with Crippen molar-refractivity contribution in [3.05, 3.63) is 311 Å². The van der Waals surface area contributed by atoms with Gasteiger partial charge in [0.25, 0.3) is 0 Å². The second-order valence-electron chi connectivity index (χ2n) is 19.3. The van der Waals surface area contributed by atoms with Gasteiger partial charge in [0.2, 0.25) is 0 Å². The number of nitrogens with one attached hydrogen (secondary N) is 1. The van der Waals surface area contributed by atoms with E-state index in [1.54, 1.807) is 86.0 Å². The summed E-state index contributed by atoms with van der Waals surface area (Å²) in [5, 5.41) is 15.0. The maximum Gasteiger partial charge on any atom is 0.350 e. The zero-order valence-corrected chi connectivity index (χ0v) is 58.5. The third-order valence-electron chi connectivity index (χ3n) is 12.7. The largest absolute Gasteiger partial charge is 0.381 e. The summed E-state index contributed by atoms with van der Waals surface area (Å²) in [6.07, 6.45) is 21.5. The van der Waals surface area contributed by atoms with Crippen molar-refractivity contribution in [1.82, 2.24) is 67.8 Å². The Labute approximate surface area is 592 Å². The first kappa shape index (κ1) is 75.1. The molecule has 0 saturated carbocycles. The number of hydrogen-bond acceptors (Lipinski definition) is 13. The van der Waals surface area contributed by atoms with E-state index in [0.717, 1.165) is 75.5 Å². The van der Waals surface area contributed by atoms with E-state index in [0.29, 0.717) is 41.1 Å². The average molecular weight is 1570 g/mol. The van der Waals surface area contributed by atoms with Crippen molar-refractivity contribution in [3.8, 4) is 0 Å². The molecule has 0 unspecified atom stereocenters. The van der Waals surface area contributed by atoms with Crippen molar-refractivity contribution < 1.29 is 9.53 Å². The summed E-state index contributed by atoms with van der Waals surface area (Å²) in [5.74, 6) is 0. The van der Waals surface area contributed by atoms with E-state index >= 15 is 0 Å². The van der Waals surface area contributed by atoms with Crippen LogP contribution in [0.1, 0.15) is 44.3 Å². The van der Waals surface area contributed by atoms with Crippen LogP contribution in [-0.4, -0.2) is 87.1 Å². The first-order chi connectivity index (χ1) is 45.7. The smallest absolute Gasteiger partial charge is 0.350 e. The highest BCUT2D eigenvalue weighted by Gasteiger charge is 2.10. The lowest BCUT2D eigenvalue weighted by molar-refractivity contribution is 0.198. The Kier molecular flexibility index (Phi) is 31.9. The number of nitrogens with zero attached hydrogens (tertiary/aromatic N) is 13. The van der Waals surface area contributed by atoms with Crippen molar-refractivity contribution in [2.24, 2.45) is 5.73 Å². The van der Waals surface area contributed by atoms with Gasteiger partial charge in [-0.25, -0.2) is 52.9 Å². The molecule has 15 rings (SSSR count). The van der Waals surface area contributed by atoms with Crippen molar-refractivity contribution in [1.29, 1.82) is 0 Å². The lowest BCUT2D eigenvalue weighted by atomic mass is 10.2. The molecular weight excluding hydrogens is 1510 g/mol. The molecule has 11 aromatic heterocycles. The lowest BCUT2D eigenvalue weighted by Crippen LogP contribution is -2.22. The number of ether oxygens (including phenoxy) is 1. The number of aryl methyl sites for hydroxylation is 2. The monoisotopic (exact) mass is 1570 g/mol. The standard InChI is InChI=1S/C17H13BrN4O.C11H9N.C9H6ClN.C8H7N3O.C6H4BrN3O.C6H7BrN2.C5H3BrClN.C4H8O.C3H6.CH4/c18-14-5-3-10-21-16(14)20-22(17(21)23)11-9-13-8-7-12-4-1-2-6-15(12)19-13;1-2-10-8-7-9-5-3-4-6-11(9)12-10;10-9-6-5-7-3-1-2-4-8(7)11-9;12-8(10-4-1-2-5-10)11-6-3-9-7-11;7-4-2-1-3-10-5(4)8-9-6(10)11;7-5-2-1-3-9-6(5)4-8;6-4-2-1-3-8-5(4)7;1-2-4-5-3-1;1-3-2;/h1-8,10H,9,11H2;2-8H,1H2;1-6H;1-7H;1-3H,(H,9,11);1-3H,4,8H2;1-3H;1-4H2;3H,1H2,2H3;1H4. The minimum absolute atomic E-state index is 0.